The maximum absolute atomic E-state index is 13.8. The molecule has 2 rings (SSSR count). The van der Waals surface area contributed by atoms with Gasteiger partial charge in [0.1, 0.15) is 5.67 Å². The maximum Gasteiger partial charge on any atom is 0.330 e. The quantitative estimate of drug-likeness (QED) is 0.827. The van der Waals surface area contributed by atoms with E-state index in [-0.39, 0.29) is 0 Å². The van der Waals surface area contributed by atoms with Gasteiger partial charge in [-0.15, -0.1) is 0 Å². The van der Waals surface area contributed by atoms with Crippen molar-refractivity contribution >= 4 is 12.9 Å². The number of aliphatic hydroxyl groups is 1. The van der Waals surface area contributed by atoms with E-state index in [4.69, 9.17) is 4.65 Å². The van der Waals surface area contributed by atoms with Crippen molar-refractivity contribution in [2.75, 3.05) is 0 Å². The van der Waals surface area contributed by atoms with Gasteiger partial charge in [-0.3, -0.25) is 0 Å². The van der Waals surface area contributed by atoms with Gasteiger partial charge < -0.3 is 9.76 Å². The lowest BCUT2D eigenvalue weighted by molar-refractivity contribution is -0.0893. The normalized spacial score (nSPS) is 18.2. The summed E-state index contributed by atoms with van der Waals surface area (Å²) < 4.78 is 19.5. The minimum Gasteiger partial charge on any atom is -0.427 e. The molecule has 1 aliphatic carbocycles. The molecule has 0 aliphatic heterocycles. The number of halogens is 1. The zero-order chi connectivity index (χ0) is 14.3. The molecule has 0 amide bonds. The van der Waals surface area contributed by atoms with Crippen molar-refractivity contribution in [1.82, 2.24) is 0 Å². The van der Waals surface area contributed by atoms with E-state index in [0.29, 0.717) is 12.8 Å². The summed E-state index contributed by atoms with van der Waals surface area (Å²) >= 11 is 0. The average Bonchev–Trinajstić information content (AvgIpc) is 3.05. The van der Waals surface area contributed by atoms with Crippen molar-refractivity contribution in [1.29, 1.82) is 0 Å². The predicted molar refractivity (Wildman–Crippen MR) is 75.3 cm³/mol. The summed E-state index contributed by atoms with van der Waals surface area (Å²) in [4.78, 5) is 0. The topological polar surface area (TPSA) is 29.5 Å². The Kier molecular flexibility index (Phi) is 3.52. The molecule has 1 aromatic carbocycles. The fourth-order valence-electron chi connectivity index (χ4n) is 1.62. The SMILES string of the molecule is CC(C)(O)C(C)(C)O[B]c1ccc(C2(F)CC2)cc1. The summed E-state index contributed by atoms with van der Waals surface area (Å²) in [7, 11) is 1.61. The highest BCUT2D eigenvalue weighted by Crippen LogP contribution is 2.49. The molecule has 1 N–H and O–H groups in total. The molecular weight excluding hydrogens is 242 g/mol. The Morgan fingerprint density at radius 3 is 2.11 bits per heavy atom. The molecule has 19 heavy (non-hydrogen) atoms. The Labute approximate surface area is 115 Å². The van der Waals surface area contributed by atoms with Gasteiger partial charge in [-0.2, -0.15) is 0 Å². The highest BCUT2D eigenvalue weighted by Gasteiger charge is 2.44. The third kappa shape index (κ3) is 3.18. The van der Waals surface area contributed by atoms with Crippen LogP contribution >= 0.6 is 0 Å². The number of rotatable bonds is 5. The smallest absolute Gasteiger partial charge is 0.330 e. The van der Waals surface area contributed by atoms with Gasteiger partial charge in [0.25, 0.3) is 0 Å². The number of hydrogen-bond donors (Lipinski definition) is 1. The van der Waals surface area contributed by atoms with E-state index in [1.807, 2.05) is 26.0 Å². The van der Waals surface area contributed by atoms with Gasteiger partial charge in [0.2, 0.25) is 0 Å². The minimum atomic E-state index is -1.09. The van der Waals surface area contributed by atoms with Gasteiger partial charge in [-0.25, -0.2) is 4.39 Å². The number of benzene rings is 1. The van der Waals surface area contributed by atoms with Crippen molar-refractivity contribution in [2.24, 2.45) is 0 Å². The molecular formula is C15H21BFO2. The predicted octanol–water partition coefficient (Wildman–Crippen LogP) is 2.46. The van der Waals surface area contributed by atoms with Crippen LogP contribution in [-0.4, -0.2) is 23.8 Å². The van der Waals surface area contributed by atoms with Crippen LogP contribution in [0.2, 0.25) is 0 Å². The first-order chi connectivity index (χ1) is 8.64. The Morgan fingerprint density at radius 1 is 1.16 bits per heavy atom. The van der Waals surface area contributed by atoms with Crippen LogP contribution in [-0.2, 0) is 10.3 Å². The molecule has 0 atom stereocenters. The second-order valence-corrected chi connectivity index (χ2v) is 6.39. The number of alkyl halides is 1. The monoisotopic (exact) mass is 263 g/mol. The highest BCUT2D eigenvalue weighted by atomic mass is 19.1. The van der Waals surface area contributed by atoms with E-state index in [1.54, 1.807) is 33.5 Å². The number of hydrogen-bond acceptors (Lipinski definition) is 2. The molecule has 0 heterocycles. The Morgan fingerprint density at radius 2 is 1.68 bits per heavy atom. The standard InChI is InChI=1S/C15H21BFO2/c1-13(2,18)14(3,4)19-16-12-7-5-11(6-8-12)15(17)9-10-15/h5-8,18H,9-10H2,1-4H3. The maximum atomic E-state index is 13.8. The van der Waals surface area contributed by atoms with E-state index in [2.05, 4.69) is 0 Å². The van der Waals surface area contributed by atoms with Crippen LogP contribution in [0.25, 0.3) is 0 Å². The minimum absolute atomic E-state index is 0.623. The molecule has 103 valence electrons. The van der Waals surface area contributed by atoms with Crippen LogP contribution in [0.1, 0.15) is 46.1 Å². The lowest BCUT2D eigenvalue weighted by atomic mass is 9.82. The molecule has 0 spiro atoms. The molecule has 1 radical (unpaired) electrons. The molecule has 1 aromatic rings. The van der Waals surface area contributed by atoms with Crippen molar-refractivity contribution in [2.45, 2.75) is 57.4 Å². The fraction of sp³-hybridized carbons (Fsp3) is 0.600. The first-order valence-corrected chi connectivity index (χ1v) is 6.67. The van der Waals surface area contributed by atoms with Crippen LogP contribution in [0.5, 0.6) is 0 Å². The van der Waals surface area contributed by atoms with Gasteiger partial charge >= 0.3 is 7.48 Å². The molecule has 0 aromatic heterocycles. The molecule has 4 heteroatoms. The van der Waals surface area contributed by atoms with Crippen molar-refractivity contribution < 1.29 is 14.2 Å². The summed E-state index contributed by atoms with van der Waals surface area (Å²) in [5.41, 5.74) is -1.12. The molecule has 0 bridgehead atoms. The van der Waals surface area contributed by atoms with Crippen molar-refractivity contribution in [3.05, 3.63) is 29.8 Å². The fourth-order valence-corrected chi connectivity index (χ4v) is 1.62. The summed E-state index contributed by atoms with van der Waals surface area (Å²) in [6.45, 7) is 7.09. The van der Waals surface area contributed by atoms with Gasteiger partial charge in [-0.1, -0.05) is 29.7 Å². The third-order valence-corrected chi connectivity index (χ3v) is 4.08. The van der Waals surface area contributed by atoms with E-state index in [1.165, 1.54) is 0 Å². The molecule has 1 aliphatic rings. The molecule has 0 saturated heterocycles. The van der Waals surface area contributed by atoms with Crippen molar-refractivity contribution in [3.63, 3.8) is 0 Å². The van der Waals surface area contributed by atoms with E-state index in [9.17, 15) is 9.50 Å². The Balaban J connectivity index is 1.97. The Hall–Kier alpha value is -0.865. The Bertz CT molecular complexity index is 444. The van der Waals surface area contributed by atoms with Gasteiger partial charge in [0, 0.05) is 0 Å². The summed E-state index contributed by atoms with van der Waals surface area (Å²) in [5, 5.41) is 9.99. The van der Waals surface area contributed by atoms with Crippen LogP contribution < -0.4 is 5.46 Å². The van der Waals surface area contributed by atoms with Crippen LogP contribution in [0.15, 0.2) is 24.3 Å². The zero-order valence-corrected chi connectivity index (χ0v) is 12.0. The van der Waals surface area contributed by atoms with Gasteiger partial charge in [0.05, 0.1) is 11.2 Å². The second-order valence-electron chi connectivity index (χ2n) is 6.39. The molecule has 1 saturated carbocycles. The lowest BCUT2D eigenvalue weighted by Crippen LogP contribution is -2.49. The lowest BCUT2D eigenvalue weighted by Gasteiger charge is -2.37. The summed E-state index contributed by atoms with van der Waals surface area (Å²) in [5.74, 6) is 0. The first kappa shape index (κ1) is 14.5. The molecule has 1 fully saturated rings. The van der Waals surface area contributed by atoms with Gasteiger partial charge in [-0.05, 0) is 46.1 Å². The van der Waals surface area contributed by atoms with Crippen LogP contribution in [0.3, 0.4) is 0 Å². The van der Waals surface area contributed by atoms with Gasteiger partial charge in [0.15, 0.2) is 0 Å². The average molecular weight is 263 g/mol. The first-order valence-electron chi connectivity index (χ1n) is 6.67. The van der Waals surface area contributed by atoms with Crippen LogP contribution in [0, 0.1) is 0 Å². The van der Waals surface area contributed by atoms with Crippen LogP contribution in [0.4, 0.5) is 4.39 Å². The summed E-state index contributed by atoms with van der Waals surface area (Å²) in [6.07, 6.45) is 1.25. The zero-order valence-electron chi connectivity index (χ0n) is 12.0. The van der Waals surface area contributed by atoms with E-state index in [0.717, 1.165) is 11.0 Å². The highest BCUT2D eigenvalue weighted by molar-refractivity contribution is 6.47. The summed E-state index contributed by atoms with van der Waals surface area (Å²) in [6, 6.07) is 7.30. The third-order valence-electron chi connectivity index (χ3n) is 4.08. The largest absolute Gasteiger partial charge is 0.427 e. The van der Waals surface area contributed by atoms with Crippen molar-refractivity contribution in [3.8, 4) is 0 Å². The van der Waals surface area contributed by atoms with E-state index >= 15 is 0 Å². The molecule has 2 nitrogen and oxygen atoms in total. The van der Waals surface area contributed by atoms with E-state index < -0.39 is 16.9 Å². The second kappa shape index (κ2) is 4.60. The molecule has 0 unspecified atom stereocenters.